The van der Waals surface area contributed by atoms with Crippen LogP contribution in [0.3, 0.4) is 0 Å². The van der Waals surface area contributed by atoms with Crippen LogP contribution in [0.5, 0.6) is 0 Å². The van der Waals surface area contributed by atoms with E-state index in [2.05, 4.69) is 35.6 Å². The van der Waals surface area contributed by atoms with Crippen molar-refractivity contribution in [1.82, 2.24) is 9.97 Å². The molecule has 18 heavy (non-hydrogen) atoms. The highest BCUT2D eigenvalue weighted by Gasteiger charge is 2.33. The molecule has 2 heterocycles. The Balaban J connectivity index is 2.25. The van der Waals surface area contributed by atoms with E-state index >= 15 is 0 Å². The standard InChI is InChI=1S/C14H22ClN3/c1-9-12(15)16-10(2)17-13(9)18-7-6-11(8-18)14(3,4)5/h11H,6-8H2,1-5H3. The minimum Gasteiger partial charge on any atom is -0.356 e. The Hall–Kier alpha value is -0.830. The molecular weight excluding hydrogens is 246 g/mol. The number of anilines is 1. The topological polar surface area (TPSA) is 29.0 Å². The minimum atomic E-state index is 0.356. The average molecular weight is 268 g/mol. The van der Waals surface area contributed by atoms with Crippen LogP contribution in [0.1, 0.15) is 38.6 Å². The molecule has 1 unspecified atom stereocenters. The third-order valence-corrected chi connectivity index (χ3v) is 4.25. The van der Waals surface area contributed by atoms with Gasteiger partial charge < -0.3 is 4.90 Å². The SMILES string of the molecule is Cc1nc(Cl)c(C)c(N2CCC(C(C)(C)C)C2)n1. The molecule has 2 rings (SSSR count). The Morgan fingerprint density at radius 1 is 1.22 bits per heavy atom. The molecule has 0 aromatic carbocycles. The monoisotopic (exact) mass is 267 g/mol. The van der Waals surface area contributed by atoms with Gasteiger partial charge in [-0.2, -0.15) is 0 Å². The first-order valence-corrected chi connectivity index (χ1v) is 6.92. The second-order valence-electron chi connectivity index (χ2n) is 6.31. The molecule has 1 saturated heterocycles. The number of nitrogens with zero attached hydrogens (tertiary/aromatic N) is 3. The second kappa shape index (κ2) is 4.69. The van der Waals surface area contributed by atoms with Crippen molar-refractivity contribution in [3.8, 4) is 0 Å². The van der Waals surface area contributed by atoms with E-state index in [1.165, 1.54) is 6.42 Å². The summed E-state index contributed by atoms with van der Waals surface area (Å²) in [5.41, 5.74) is 1.35. The molecule has 0 radical (unpaired) electrons. The Kier molecular flexibility index (Phi) is 3.54. The fourth-order valence-electron chi connectivity index (χ4n) is 2.55. The minimum absolute atomic E-state index is 0.356. The summed E-state index contributed by atoms with van der Waals surface area (Å²) in [5.74, 6) is 2.48. The molecule has 1 aromatic heterocycles. The summed E-state index contributed by atoms with van der Waals surface area (Å²) in [4.78, 5) is 11.1. The van der Waals surface area contributed by atoms with Gasteiger partial charge in [-0.05, 0) is 31.6 Å². The van der Waals surface area contributed by atoms with E-state index < -0.39 is 0 Å². The van der Waals surface area contributed by atoms with E-state index in [1.54, 1.807) is 0 Å². The van der Waals surface area contributed by atoms with Crippen LogP contribution < -0.4 is 4.90 Å². The fraction of sp³-hybridized carbons (Fsp3) is 0.714. The second-order valence-corrected chi connectivity index (χ2v) is 6.67. The van der Waals surface area contributed by atoms with Gasteiger partial charge in [0.1, 0.15) is 16.8 Å². The van der Waals surface area contributed by atoms with E-state index in [4.69, 9.17) is 11.6 Å². The molecule has 100 valence electrons. The van der Waals surface area contributed by atoms with Crippen LogP contribution in [0.15, 0.2) is 0 Å². The van der Waals surface area contributed by atoms with Crippen LogP contribution in [0.2, 0.25) is 5.15 Å². The number of halogens is 1. The van der Waals surface area contributed by atoms with E-state index in [1.807, 2.05) is 13.8 Å². The summed E-state index contributed by atoms with van der Waals surface area (Å²) >= 11 is 6.15. The predicted octanol–water partition coefficient (Wildman–Crippen LogP) is 3.62. The number of hydrogen-bond acceptors (Lipinski definition) is 3. The van der Waals surface area contributed by atoms with Gasteiger partial charge in [-0.3, -0.25) is 0 Å². The van der Waals surface area contributed by atoms with E-state index in [0.717, 1.165) is 30.3 Å². The highest BCUT2D eigenvalue weighted by Crippen LogP contribution is 2.36. The van der Waals surface area contributed by atoms with Crippen LogP contribution in [0.25, 0.3) is 0 Å². The van der Waals surface area contributed by atoms with Crippen molar-refractivity contribution < 1.29 is 0 Å². The normalized spacial score (nSPS) is 20.6. The molecule has 0 saturated carbocycles. The van der Waals surface area contributed by atoms with Crippen molar-refractivity contribution in [2.45, 2.75) is 41.0 Å². The summed E-state index contributed by atoms with van der Waals surface area (Å²) in [7, 11) is 0. The summed E-state index contributed by atoms with van der Waals surface area (Å²) < 4.78 is 0. The van der Waals surface area contributed by atoms with Gasteiger partial charge in [0.2, 0.25) is 0 Å². The first kappa shape index (κ1) is 13.6. The predicted molar refractivity (Wildman–Crippen MR) is 76.3 cm³/mol. The molecule has 0 amide bonds. The molecule has 0 N–H and O–H groups in total. The van der Waals surface area contributed by atoms with Crippen LogP contribution in [0, 0.1) is 25.2 Å². The van der Waals surface area contributed by atoms with Crippen LogP contribution in [-0.2, 0) is 0 Å². The molecule has 0 bridgehead atoms. The van der Waals surface area contributed by atoms with Gasteiger partial charge in [0.25, 0.3) is 0 Å². The lowest BCUT2D eigenvalue weighted by molar-refractivity contribution is 0.263. The summed E-state index contributed by atoms with van der Waals surface area (Å²) in [6.45, 7) is 13.0. The zero-order chi connectivity index (χ0) is 13.5. The fourth-order valence-corrected chi connectivity index (χ4v) is 2.75. The van der Waals surface area contributed by atoms with Crippen molar-refractivity contribution in [3.05, 3.63) is 16.5 Å². The highest BCUT2D eigenvalue weighted by molar-refractivity contribution is 6.30. The molecule has 1 aliphatic heterocycles. The largest absolute Gasteiger partial charge is 0.356 e. The van der Waals surface area contributed by atoms with Crippen molar-refractivity contribution in [2.24, 2.45) is 11.3 Å². The Morgan fingerprint density at radius 2 is 1.89 bits per heavy atom. The molecule has 1 aromatic rings. The Labute approximate surface area is 115 Å². The average Bonchev–Trinajstić information content (AvgIpc) is 2.71. The van der Waals surface area contributed by atoms with Gasteiger partial charge in [-0.15, -0.1) is 0 Å². The van der Waals surface area contributed by atoms with E-state index in [9.17, 15) is 0 Å². The maximum absolute atomic E-state index is 6.15. The zero-order valence-corrected chi connectivity index (χ0v) is 12.7. The molecule has 3 nitrogen and oxygen atoms in total. The van der Waals surface area contributed by atoms with Crippen LogP contribution in [-0.4, -0.2) is 23.1 Å². The van der Waals surface area contributed by atoms with Gasteiger partial charge >= 0.3 is 0 Å². The maximum atomic E-state index is 6.15. The lowest BCUT2D eigenvalue weighted by atomic mass is 9.80. The molecular formula is C14H22ClN3. The zero-order valence-electron chi connectivity index (χ0n) is 11.9. The van der Waals surface area contributed by atoms with Crippen molar-refractivity contribution in [3.63, 3.8) is 0 Å². The molecule has 1 atom stereocenters. The van der Waals surface area contributed by atoms with E-state index in [0.29, 0.717) is 16.5 Å². The van der Waals surface area contributed by atoms with Crippen LogP contribution in [0.4, 0.5) is 5.82 Å². The first-order valence-electron chi connectivity index (χ1n) is 6.54. The molecule has 0 spiro atoms. The van der Waals surface area contributed by atoms with Crippen LogP contribution >= 0.6 is 11.6 Å². The first-order chi connectivity index (χ1) is 8.29. The molecule has 0 aliphatic carbocycles. The molecule has 1 fully saturated rings. The number of aromatic nitrogens is 2. The third kappa shape index (κ3) is 2.61. The number of aryl methyl sites for hydroxylation is 1. The van der Waals surface area contributed by atoms with Gasteiger partial charge in [0.05, 0.1) is 0 Å². The summed E-state index contributed by atoms with van der Waals surface area (Å²) in [6.07, 6.45) is 1.23. The van der Waals surface area contributed by atoms with Gasteiger partial charge in [-0.25, -0.2) is 9.97 Å². The quantitative estimate of drug-likeness (QED) is 0.728. The summed E-state index contributed by atoms with van der Waals surface area (Å²) in [5, 5.41) is 0.580. The Morgan fingerprint density at radius 3 is 2.44 bits per heavy atom. The molecule has 1 aliphatic rings. The maximum Gasteiger partial charge on any atom is 0.137 e. The van der Waals surface area contributed by atoms with Gasteiger partial charge in [0, 0.05) is 18.7 Å². The third-order valence-electron chi connectivity index (χ3n) is 3.89. The van der Waals surface area contributed by atoms with Gasteiger partial charge in [-0.1, -0.05) is 32.4 Å². The highest BCUT2D eigenvalue weighted by atomic mass is 35.5. The van der Waals surface area contributed by atoms with Crippen molar-refractivity contribution in [1.29, 1.82) is 0 Å². The van der Waals surface area contributed by atoms with Crippen molar-refractivity contribution >= 4 is 17.4 Å². The van der Waals surface area contributed by atoms with E-state index in [-0.39, 0.29) is 0 Å². The number of rotatable bonds is 1. The smallest absolute Gasteiger partial charge is 0.137 e. The lowest BCUT2D eigenvalue weighted by Gasteiger charge is -2.27. The lowest BCUT2D eigenvalue weighted by Crippen LogP contribution is -2.27. The van der Waals surface area contributed by atoms with Crippen molar-refractivity contribution in [2.75, 3.05) is 18.0 Å². The Bertz CT molecular complexity index is 451. The van der Waals surface area contributed by atoms with Gasteiger partial charge in [0.15, 0.2) is 0 Å². The number of hydrogen-bond donors (Lipinski definition) is 0. The summed E-state index contributed by atoms with van der Waals surface area (Å²) in [6, 6.07) is 0. The molecule has 4 heteroatoms.